The van der Waals surface area contributed by atoms with Crippen molar-refractivity contribution in [3.05, 3.63) is 63.4 Å². The lowest BCUT2D eigenvalue weighted by molar-refractivity contribution is -0.120. The summed E-state index contributed by atoms with van der Waals surface area (Å²) in [5, 5.41) is 10.8. The van der Waals surface area contributed by atoms with Crippen molar-refractivity contribution in [3.63, 3.8) is 0 Å². The number of rotatable bonds is 6. The fourth-order valence-corrected chi connectivity index (χ4v) is 3.61. The molecule has 1 aromatic carbocycles. The highest BCUT2D eigenvalue weighted by atomic mass is 35.5. The number of benzene rings is 1. The lowest BCUT2D eigenvalue weighted by Gasteiger charge is -2.05. The van der Waals surface area contributed by atoms with Gasteiger partial charge in [0, 0.05) is 29.1 Å². The average molecular weight is 375 g/mol. The highest BCUT2D eigenvalue weighted by Gasteiger charge is 2.10. The Bertz CT molecular complexity index is 887. The number of halogens is 1. The van der Waals surface area contributed by atoms with E-state index in [9.17, 15) is 4.79 Å². The predicted octanol–water partition coefficient (Wildman–Crippen LogP) is 3.50. The van der Waals surface area contributed by atoms with E-state index in [1.807, 2.05) is 48.2 Å². The molecule has 5 nitrogen and oxygen atoms in total. The largest absolute Gasteiger partial charge is 0.355 e. The van der Waals surface area contributed by atoms with E-state index in [1.165, 1.54) is 0 Å². The summed E-state index contributed by atoms with van der Waals surface area (Å²) in [6.07, 6.45) is 0.970. The van der Waals surface area contributed by atoms with E-state index in [2.05, 4.69) is 15.4 Å². The van der Waals surface area contributed by atoms with Crippen LogP contribution in [0.5, 0.6) is 0 Å². The van der Waals surface area contributed by atoms with Gasteiger partial charge in [-0.25, -0.2) is 9.67 Å². The van der Waals surface area contributed by atoms with Crippen LogP contribution in [-0.2, 0) is 17.6 Å². The summed E-state index contributed by atoms with van der Waals surface area (Å²) >= 11 is 7.63. The molecular formula is C18H19ClN4OS. The van der Waals surface area contributed by atoms with E-state index in [0.717, 1.165) is 27.8 Å². The van der Waals surface area contributed by atoms with Gasteiger partial charge in [-0.3, -0.25) is 4.79 Å². The van der Waals surface area contributed by atoms with Gasteiger partial charge >= 0.3 is 0 Å². The molecular weight excluding hydrogens is 356 g/mol. The first-order valence-electron chi connectivity index (χ1n) is 8.01. The molecule has 0 aliphatic heterocycles. The number of aryl methyl sites for hydroxylation is 2. The molecule has 130 valence electrons. The van der Waals surface area contributed by atoms with E-state index in [1.54, 1.807) is 17.4 Å². The smallest absolute Gasteiger partial charge is 0.224 e. The molecule has 2 heterocycles. The van der Waals surface area contributed by atoms with Crippen molar-refractivity contribution in [2.75, 3.05) is 6.54 Å². The van der Waals surface area contributed by atoms with Gasteiger partial charge in [0.2, 0.25) is 11.0 Å². The second kappa shape index (κ2) is 7.80. The number of carbonyl (C=O) groups is 1. The molecule has 0 fully saturated rings. The number of thiazole rings is 1. The van der Waals surface area contributed by atoms with Gasteiger partial charge in [-0.05, 0) is 31.5 Å². The van der Waals surface area contributed by atoms with Gasteiger partial charge in [0.1, 0.15) is 0 Å². The van der Waals surface area contributed by atoms with Crippen LogP contribution in [-0.4, -0.2) is 27.2 Å². The van der Waals surface area contributed by atoms with Crippen LogP contribution in [0, 0.1) is 13.8 Å². The van der Waals surface area contributed by atoms with Crippen molar-refractivity contribution in [1.82, 2.24) is 20.1 Å². The Labute approximate surface area is 155 Å². The molecule has 0 bridgehead atoms. The normalized spacial score (nSPS) is 10.8. The maximum atomic E-state index is 12.0. The molecule has 0 radical (unpaired) electrons. The molecule has 7 heteroatoms. The number of nitrogens with zero attached hydrogens (tertiary/aromatic N) is 3. The minimum atomic E-state index is -0.0397. The fourth-order valence-electron chi connectivity index (χ4n) is 2.54. The molecule has 1 N–H and O–H groups in total. The molecule has 0 saturated heterocycles. The lowest BCUT2D eigenvalue weighted by atomic mass is 10.1. The Morgan fingerprint density at radius 2 is 2.12 bits per heavy atom. The van der Waals surface area contributed by atoms with E-state index >= 15 is 0 Å². The lowest BCUT2D eigenvalue weighted by Crippen LogP contribution is -2.27. The van der Waals surface area contributed by atoms with Crippen molar-refractivity contribution in [3.8, 4) is 5.13 Å². The van der Waals surface area contributed by atoms with Crippen LogP contribution in [0.15, 0.2) is 35.7 Å². The number of hydrogen-bond donors (Lipinski definition) is 1. The Kier molecular flexibility index (Phi) is 5.50. The third-order valence-electron chi connectivity index (χ3n) is 3.74. The van der Waals surface area contributed by atoms with Crippen LogP contribution in [0.25, 0.3) is 5.13 Å². The highest BCUT2D eigenvalue weighted by molar-refractivity contribution is 7.12. The van der Waals surface area contributed by atoms with E-state index in [0.29, 0.717) is 18.0 Å². The summed E-state index contributed by atoms with van der Waals surface area (Å²) in [6, 6.07) is 9.41. The minimum Gasteiger partial charge on any atom is -0.355 e. The standard InChI is InChI=1S/C18H19ClN4OS/c1-12-9-13(2)23(22-12)18-21-15(11-25-18)7-8-20-17(24)10-14-5-3-4-6-16(14)19/h3-6,9,11H,7-8,10H2,1-2H3,(H,20,24). The van der Waals surface area contributed by atoms with Crippen molar-refractivity contribution < 1.29 is 4.79 Å². The van der Waals surface area contributed by atoms with Gasteiger partial charge in [0.15, 0.2) is 0 Å². The molecule has 3 aromatic rings. The summed E-state index contributed by atoms with van der Waals surface area (Å²) < 4.78 is 1.85. The molecule has 0 atom stereocenters. The highest BCUT2D eigenvalue weighted by Crippen LogP contribution is 2.17. The van der Waals surface area contributed by atoms with Gasteiger partial charge in [0.05, 0.1) is 17.8 Å². The first-order valence-corrected chi connectivity index (χ1v) is 9.27. The molecule has 1 amide bonds. The number of aromatic nitrogens is 3. The molecule has 0 aliphatic rings. The first-order chi connectivity index (χ1) is 12.0. The fraction of sp³-hybridized carbons (Fsp3) is 0.278. The Balaban J connectivity index is 1.52. The van der Waals surface area contributed by atoms with Gasteiger partial charge in [-0.1, -0.05) is 29.8 Å². The van der Waals surface area contributed by atoms with Crippen LogP contribution < -0.4 is 5.32 Å². The summed E-state index contributed by atoms with van der Waals surface area (Å²) in [5.41, 5.74) is 3.82. The number of hydrogen-bond acceptors (Lipinski definition) is 4. The van der Waals surface area contributed by atoms with E-state index in [-0.39, 0.29) is 12.3 Å². The first kappa shape index (κ1) is 17.6. The summed E-state index contributed by atoms with van der Waals surface area (Å²) in [7, 11) is 0. The topological polar surface area (TPSA) is 59.8 Å². The average Bonchev–Trinajstić information content (AvgIpc) is 3.16. The van der Waals surface area contributed by atoms with Gasteiger partial charge in [0.25, 0.3) is 0 Å². The van der Waals surface area contributed by atoms with Gasteiger partial charge in [-0.2, -0.15) is 5.10 Å². The van der Waals surface area contributed by atoms with E-state index < -0.39 is 0 Å². The third kappa shape index (κ3) is 4.46. The van der Waals surface area contributed by atoms with Crippen LogP contribution >= 0.6 is 22.9 Å². The van der Waals surface area contributed by atoms with Crippen LogP contribution in [0.1, 0.15) is 22.6 Å². The molecule has 3 rings (SSSR count). The minimum absolute atomic E-state index is 0.0397. The van der Waals surface area contributed by atoms with Gasteiger partial charge in [-0.15, -0.1) is 11.3 Å². The molecule has 0 spiro atoms. The number of nitrogens with one attached hydrogen (secondary N) is 1. The zero-order valence-electron chi connectivity index (χ0n) is 14.1. The Morgan fingerprint density at radius 1 is 1.32 bits per heavy atom. The Hall–Kier alpha value is -2.18. The molecule has 0 saturated carbocycles. The molecule has 25 heavy (non-hydrogen) atoms. The number of carbonyl (C=O) groups excluding carboxylic acids is 1. The summed E-state index contributed by atoms with van der Waals surface area (Å²) in [5.74, 6) is -0.0397. The maximum Gasteiger partial charge on any atom is 0.224 e. The Morgan fingerprint density at radius 3 is 2.84 bits per heavy atom. The number of amides is 1. The van der Waals surface area contributed by atoms with Gasteiger partial charge < -0.3 is 5.32 Å². The van der Waals surface area contributed by atoms with Crippen molar-refractivity contribution in [2.24, 2.45) is 0 Å². The zero-order chi connectivity index (χ0) is 17.8. The maximum absolute atomic E-state index is 12.0. The molecule has 0 unspecified atom stereocenters. The summed E-state index contributed by atoms with van der Waals surface area (Å²) in [6.45, 7) is 4.52. The monoisotopic (exact) mass is 374 g/mol. The van der Waals surface area contributed by atoms with Crippen molar-refractivity contribution in [2.45, 2.75) is 26.7 Å². The predicted molar refractivity (Wildman–Crippen MR) is 101 cm³/mol. The van der Waals surface area contributed by atoms with Crippen molar-refractivity contribution in [1.29, 1.82) is 0 Å². The SMILES string of the molecule is Cc1cc(C)n(-c2nc(CCNC(=O)Cc3ccccc3Cl)cs2)n1. The molecule has 0 aliphatic carbocycles. The third-order valence-corrected chi connectivity index (χ3v) is 4.98. The zero-order valence-corrected chi connectivity index (χ0v) is 15.7. The second-order valence-electron chi connectivity index (χ2n) is 5.83. The van der Waals surface area contributed by atoms with Crippen molar-refractivity contribution >= 4 is 28.8 Å². The second-order valence-corrected chi connectivity index (χ2v) is 7.07. The van der Waals surface area contributed by atoms with Crippen LogP contribution in [0.4, 0.5) is 0 Å². The summed E-state index contributed by atoms with van der Waals surface area (Å²) in [4.78, 5) is 16.6. The van der Waals surface area contributed by atoms with Crippen LogP contribution in [0.2, 0.25) is 5.02 Å². The quantitative estimate of drug-likeness (QED) is 0.718. The van der Waals surface area contributed by atoms with E-state index in [4.69, 9.17) is 11.6 Å². The van der Waals surface area contributed by atoms with Crippen LogP contribution in [0.3, 0.4) is 0 Å². The molecule has 2 aromatic heterocycles.